The summed E-state index contributed by atoms with van der Waals surface area (Å²) >= 11 is 11.2. The molecule has 29 heavy (non-hydrogen) atoms. The van der Waals surface area contributed by atoms with Crippen LogP contribution in [0.3, 0.4) is 0 Å². The minimum absolute atomic E-state index is 0.00360. The average Bonchev–Trinajstić information content (AvgIpc) is 3.04. The van der Waals surface area contributed by atoms with Crippen LogP contribution >= 0.6 is 23.8 Å². The van der Waals surface area contributed by atoms with Crippen LogP contribution in [0.15, 0.2) is 48.5 Å². The van der Waals surface area contributed by atoms with Gasteiger partial charge in [-0.1, -0.05) is 23.7 Å². The van der Waals surface area contributed by atoms with Gasteiger partial charge in [0, 0.05) is 24.2 Å². The monoisotopic (exact) mass is 438 g/mol. The molecule has 1 N–H and O–H groups in total. The standard InChI is InChI=1S/C19H17ClF2N4O2S/c1-25(10-12-2-8-15(9-3-12)28-18(21)22)16(27)11-26-17(23-24-19(26)29)13-4-6-14(20)7-5-13/h2-9,18H,10-11H2,1H3,(H,24,29). The van der Waals surface area contributed by atoms with E-state index in [1.54, 1.807) is 48.0 Å². The Bertz CT molecular complexity index is 1040. The smallest absolute Gasteiger partial charge is 0.387 e. The van der Waals surface area contributed by atoms with Crippen LogP contribution in [0.4, 0.5) is 8.78 Å². The van der Waals surface area contributed by atoms with Crippen LogP contribution in [0.1, 0.15) is 5.56 Å². The number of aromatic amines is 1. The van der Waals surface area contributed by atoms with Gasteiger partial charge in [0.15, 0.2) is 10.6 Å². The average molecular weight is 439 g/mol. The van der Waals surface area contributed by atoms with Crippen LogP contribution < -0.4 is 4.74 Å². The third kappa shape index (κ3) is 5.39. The number of rotatable bonds is 7. The zero-order chi connectivity index (χ0) is 21.0. The normalized spacial score (nSPS) is 10.9. The molecule has 1 heterocycles. The lowest BCUT2D eigenvalue weighted by molar-refractivity contribution is -0.131. The van der Waals surface area contributed by atoms with Gasteiger partial charge in [-0.2, -0.15) is 13.9 Å². The van der Waals surface area contributed by atoms with Crippen molar-refractivity contribution in [2.24, 2.45) is 0 Å². The van der Waals surface area contributed by atoms with E-state index < -0.39 is 6.61 Å². The van der Waals surface area contributed by atoms with Crippen molar-refractivity contribution in [3.8, 4) is 17.1 Å². The van der Waals surface area contributed by atoms with Gasteiger partial charge in [0.25, 0.3) is 0 Å². The Morgan fingerprint density at radius 1 is 1.24 bits per heavy atom. The Morgan fingerprint density at radius 2 is 1.90 bits per heavy atom. The van der Waals surface area contributed by atoms with Crippen molar-refractivity contribution < 1.29 is 18.3 Å². The second-order valence-electron chi connectivity index (χ2n) is 6.22. The summed E-state index contributed by atoms with van der Waals surface area (Å²) in [7, 11) is 1.65. The van der Waals surface area contributed by atoms with Crippen molar-refractivity contribution >= 4 is 29.7 Å². The lowest BCUT2D eigenvalue weighted by Crippen LogP contribution is -2.30. The van der Waals surface area contributed by atoms with E-state index in [0.717, 1.165) is 11.1 Å². The van der Waals surface area contributed by atoms with Crippen LogP contribution in [-0.4, -0.2) is 39.2 Å². The lowest BCUT2D eigenvalue weighted by Gasteiger charge is -2.18. The van der Waals surface area contributed by atoms with Gasteiger partial charge in [-0.05, 0) is 54.2 Å². The van der Waals surface area contributed by atoms with Crippen molar-refractivity contribution in [1.29, 1.82) is 0 Å². The summed E-state index contributed by atoms with van der Waals surface area (Å²) < 4.78 is 30.7. The molecule has 0 bridgehead atoms. The molecule has 0 saturated carbocycles. The Balaban J connectivity index is 1.69. The SMILES string of the molecule is CN(Cc1ccc(OC(F)F)cc1)C(=O)Cn1c(-c2ccc(Cl)cc2)n[nH]c1=S. The predicted molar refractivity (Wildman–Crippen MR) is 107 cm³/mol. The summed E-state index contributed by atoms with van der Waals surface area (Å²) in [6, 6.07) is 13.2. The summed E-state index contributed by atoms with van der Waals surface area (Å²) in [6.45, 7) is -2.58. The molecular weight excluding hydrogens is 422 g/mol. The number of nitrogens with one attached hydrogen (secondary N) is 1. The van der Waals surface area contributed by atoms with Gasteiger partial charge in [-0.25, -0.2) is 0 Å². The fourth-order valence-electron chi connectivity index (χ4n) is 2.68. The first kappa shape index (κ1) is 20.9. The van der Waals surface area contributed by atoms with E-state index in [-0.39, 0.29) is 18.2 Å². The maximum Gasteiger partial charge on any atom is 0.387 e. The van der Waals surface area contributed by atoms with Gasteiger partial charge in [0.05, 0.1) is 0 Å². The lowest BCUT2D eigenvalue weighted by atomic mass is 10.2. The number of aromatic nitrogens is 3. The number of halogens is 3. The molecule has 0 fully saturated rings. The molecule has 0 saturated heterocycles. The minimum Gasteiger partial charge on any atom is -0.435 e. The van der Waals surface area contributed by atoms with Crippen molar-refractivity contribution in [1.82, 2.24) is 19.7 Å². The number of likely N-dealkylation sites (N-methyl/N-ethyl adjacent to an activating group) is 1. The fourth-order valence-corrected chi connectivity index (χ4v) is 3.00. The molecule has 0 aliphatic rings. The number of H-pyrrole nitrogens is 1. The number of carbonyl (C=O) groups is 1. The van der Waals surface area contributed by atoms with E-state index in [1.165, 1.54) is 17.0 Å². The molecule has 2 aromatic carbocycles. The zero-order valence-corrected chi connectivity index (χ0v) is 16.9. The second kappa shape index (κ2) is 9.15. The maximum absolute atomic E-state index is 12.7. The molecule has 3 aromatic rings. The van der Waals surface area contributed by atoms with Crippen LogP contribution in [0.25, 0.3) is 11.4 Å². The van der Waals surface area contributed by atoms with Crippen molar-refractivity contribution in [2.45, 2.75) is 19.7 Å². The first-order chi connectivity index (χ1) is 13.8. The summed E-state index contributed by atoms with van der Waals surface area (Å²) in [5.74, 6) is 0.405. The zero-order valence-electron chi connectivity index (χ0n) is 15.3. The quantitative estimate of drug-likeness (QED) is 0.551. The summed E-state index contributed by atoms with van der Waals surface area (Å²) in [5, 5.41) is 7.50. The maximum atomic E-state index is 12.7. The second-order valence-corrected chi connectivity index (χ2v) is 7.04. The number of hydrogen-bond acceptors (Lipinski definition) is 4. The van der Waals surface area contributed by atoms with Crippen molar-refractivity contribution in [3.05, 3.63) is 63.9 Å². The number of alkyl halides is 2. The largest absolute Gasteiger partial charge is 0.435 e. The van der Waals surface area contributed by atoms with Gasteiger partial charge in [-0.15, -0.1) is 0 Å². The topological polar surface area (TPSA) is 63.1 Å². The molecular formula is C19H17ClF2N4O2S. The number of hydrogen-bond donors (Lipinski definition) is 1. The minimum atomic E-state index is -2.88. The Morgan fingerprint density at radius 3 is 2.52 bits per heavy atom. The van der Waals surface area contributed by atoms with Gasteiger partial charge in [0.2, 0.25) is 5.91 Å². The molecule has 0 aliphatic carbocycles. The van der Waals surface area contributed by atoms with Crippen LogP contribution in [0, 0.1) is 4.77 Å². The van der Waals surface area contributed by atoms with Gasteiger partial charge >= 0.3 is 6.61 Å². The molecule has 6 nitrogen and oxygen atoms in total. The van der Waals surface area contributed by atoms with E-state index in [0.29, 0.717) is 22.2 Å². The molecule has 0 spiro atoms. The third-order valence-electron chi connectivity index (χ3n) is 4.15. The van der Waals surface area contributed by atoms with E-state index in [9.17, 15) is 13.6 Å². The molecule has 3 rings (SSSR count). The highest BCUT2D eigenvalue weighted by molar-refractivity contribution is 7.71. The van der Waals surface area contributed by atoms with Crippen LogP contribution in [-0.2, 0) is 17.9 Å². The molecule has 1 amide bonds. The number of carbonyl (C=O) groups excluding carboxylic acids is 1. The molecule has 0 radical (unpaired) electrons. The highest BCUT2D eigenvalue weighted by atomic mass is 35.5. The van der Waals surface area contributed by atoms with E-state index in [4.69, 9.17) is 23.8 Å². The summed E-state index contributed by atoms with van der Waals surface area (Å²) in [4.78, 5) is 14.2. The Kier molecular flexibility index (Phi) is 6.60. The first-order valence-electron chi connectivity index (χ1n) is 8.52. The van der Waals surface area contributed by atoms with E-state index in [2.05, 4.69) is 14.9 Å². The number of ether oxygens (including phenoxy) is 1. The van der Waals surface area contributed by atoms with Gasteiger partial charge in [-0.3, -0.25) is 14.5 Å². The molecule has 0 atom stereocenters. The Labute approximate surface area is 175 Å². The molecule has 1 aromatic heterocycles. The molecule has 152 valence electrons. The highest BCUT2D eigenvalue weighted by Gasteiger charge is 2.16. The van der Waals surface area contributed by atoms with Gasteiger partial charge < -0.3 is 9.64 Å². The first-order valence-corrected chi connectivity index (χ1v) is 9.31. The van der Waals surface area contributed by atoms with Crippen LogP contribution in [0.5, 0.6) is 5.75 Å². The predicted octanol–water partition coefficient (Wildman–Crippen LogP) is 4.52. The molecule has 0 aliphatic heterocycles. The number of nitrogens with zero attached hydrogens (tertiary/aromatic N) is 3. The third-order valence-corrected chi connectivity index (χ3v) is 4.71. The number of amides is 1. The van der Waals surface area contributed by atoms with E-state index in [1.807, 2.05) is 0 Å². The fraction of sp³-hybridized carbons (Fsp3) is 0.211. The van der Waals surface area contributed by atoms with Crippen LogP contribution in [0.2, 0.25) is 5.02 Å². The summed E-state index contributed by atoms with van der Waals surface area (Å²) in [6.07, 6.45) is 0. The molecule has 0 unspecified atom stereocenters. The van der Waals surface area contributed by atoms with Gasteiger partial charge in [0.1, 0.15) is 12.3 Å². The Hall–Kier alpha value is -2.78. The summed E-state index contributed by atoms with van der Waals surface area (Å²) in [5.41, 5.74) is 1.54. The highest BCUT2D eigenvalue weighted by Crippen LogP contribution is 2.20. The molecule has 10 heteroatoms. The number of benzene rings is 2. The van der Waals surface area contributed by atoms with E-state index >= 15 is 0 Å². The van der Waals surface area contributed by atoms with Crippen molar-refractivity contribution in [2.75, 3.05) is 7.05 Å². The van der Waals surface area contributed by atoms with Crippen molar-refractivity contribution in [3.63, 3.8) is 0 Å².